The molecule has 1 atom stereocenters. The van der Waals surface area contributed by atoms with Gasteiger partial charge in [-0.1, -0.05) is 31.4 Å². The molecule has 0 aromatic carbocycles. The van der Waals surface area contributed by atoms with Crippen LogP contribution in [0.5, 0.6) is 0 Å². The van der Waals surface area contributed by atoms with Gasteiger partial charge in [-0.25, -0.2) is 0 Å². The summed E-state index contributed by atoms with van der Waals surface area (Å²) < 4.78 is 0. The number of allylic oxidation sites excluding steroid dienone is 2. The molecule has 1 heterocycles. The Bertz CT molecular complexity index is 220. The summed E-state index contributed by atoms with van der Waals surface area (Å²) in [6.07, 6.45) is 5.87. The first-order chi connectivity index (χ1) is 5.27. The highest BCUT2D eigenvalue weighted by atomic mass is 16.2. The fourth-order valence-corrected chi connectivity index (χ4v) is 1.02. The Morgan fingerprint density at radius 3 is 2.64 bits per heavy atom. The van der Waals surface area contributed by atoms with Gasteiger partial charge in [-0.2, -0.15) is 0 Å². The average Bonchev–Trinajstić information content (AvgIpc) is 1.95. The van der Waals surface area contributed by atoms with E-state index in [0.717, 1.165) is 5.57 Å². The number of amides is 1. The van der Waals surface area contributed by atoms with Gasteiger partial charge < -0.3 is 5.32 Å². The monoisotopic (exact) mass is 149 g/mol. The number of hydrogen-bond donors (Lipinski definition) is 1. The first kappa shape index (κ1) is 7.79. The number of hydrogen-bond acceptors (Lipinski definition) is 1. The first-order valence-corrected chi connectivity index (χ1v) is 3.52. The molecule has 1 rings (SSSR count). The Balaban J connectivity index is 2.57. The zero-order chi connectivity index (χ0) is 8.27. The lowest BCUT2D eigenvalue weighted by molar-refractivity contribution is -0.127. The van der Waals surface area contributed by atoms with Crippen LogP contribution in [0.25, 0.3) is 0 Å². The Morgan fingerprint density at radius 2 is 2.27 bits per heavy atom. The molecule has 1 saturated heterocycles. The van der Waals surface area contributed by atoms with Crippen LogP contribution in [0.3, 0.4) is 0 Å². The molecule has 0 radical (unpaired) electrons. The zero-order valence-corrected chi connectivity index (χ0v) is 6.34. The maximum Gasteiger partial charge on any atom is 0.222 e. The Kier molecular flexibility index (Phi) is 2.26. The highest BCUT2D eigenvalue weighted by Crippen LogP contribution is 2.14. The Labute approximate surface area is 66.3 Å². The van der Waals surface area contributed by atoms with E-state index in [0.29, 0.717) is 6.42 Å². The maximum atomic E-state index is 10.5. The Hall–Kier alpha value is -1.31. The van der Waals surface area contributed by atoms with Crippen molar-refractivity contribution in [3.8, 4) is 0 Å². The van der Waals surface area contributed by atoms with E-state index < -0.39 is 0 Å². The molecular weight excluding hydrogens is 138 g/mol. The minimum absolute atomic E-state index is 0.104. The lowest BCUT2D eigenvalue weighted by Crippen LogP contribution is -2.49. The van der Waals surface area contributed by atoms with E-state index in [-0.39, 0.29) is 11.9 Å². The van der Waals surface area contributed by atoms with Crippen molar-refractivity contribution in [3.05, 3.63) is 37.0 Å². The van der Waals surface area contributed by atoms with Crippen LogP contribution in [0.1, 0.15) is 6.42 Å². The number of rotatable bonds is 3. The normalized spacial score (nSPS) is 23.5. The van der Waals surface area contributed by atoms with E-state index in [1.165, 1.54) is 0 Å². The molecule has 0 bridgehead atoms. The summed E-state index contributed by atoms with van der Waals surface area (Å²) in [6, 6.07) is 0.165. The van der Waals surface area contributed by atoms with Crippen LogP contribution in [-0.2, 0) is 4.79 Å². The largest absolute Gasteiger partial charge is 0.349 e. The van der Waals surface area contributed by atoms with Gasteiger partial charge in [0.25, 0.3) is 0 Å². The van der Waals surface area contributed by atoms with Crippen LogP contribution in [0.4, 0.5) is 0 Å². The van der Waals surface area contributed by atoms with Crippen molar-refractivity contribution < 1.29 is 4.79 Å². The second-order valence-electron chi connectivity index (χ2n) is 2.43. The van der Waals surface area contributed by atoms with Crippen LogP contribution in [0.15, 0.2) is 37.0 Å². The quantitative estimate of drug-likeness (QED) is 0.473. The molecule has 2 nitrogen and oxygen atoms in total. The molecule has 58 valence electrons. The molecular formula is C9H11NO. The van der Waals surface area contributed by atoms with Crippen molar-refractivity contribution in [3.63, 3.8) is 0 Å². The molecule has 0 aliphatic carbocycles. The number of carbonyl (C=O) groups excluding carboxylic acids is 1. The lowest BCUT2D eigenvalue weighted by atomic mass is 9.97. The van der Waals surface area contributed by atoms with Crippen molar-refractivity contribution in [2.75, 3.05) is 0 Å². The highest BCUT2D eigenvalue weighted by Gasteiger charge is 2.26. The average molecular weight is 149 g/mol. The van der Waals surface area contributed by atoms with Gasteiger partial charge in [-0.05, 0) is 5.57 Å². The molecule has 1 unspecified atom stereocenters. The molecule has 11 heavy (non-hydrogen) atoms. The maximum absolute atomic E-state index is 10.5. The Morgan fingerprint density at radius 1 is 1.64 bits per heavy atom. The third-order valence-corrected chi connectivity index (χ3v) is 1.67. The summed E-state index contributed by atoms with van der Waals surface area (Å²) >= 11 is 0. The van der Waals surface area contributed by atoms with Gasteiger partial charge in [0.2, 0.25) is 5.91 Å². The van der Waals surface area contributed by atoms with E-state index in [1.54, 1.807) is 12.2 Å². The van der Waals surface area contributed by atoms with Gasteiger partial charge >= 0.3 is 0 Å². The SMILES string of the molecule is C=C/C=C(\C=C)C1CC(=O)N1. The first-order valence-electron chi connectivity index (χ1n) is 3.52. The minimum atomic E-state index is 0.104. The van der Waals surface area contributed by atoms with Gasteiger partial charge in [-0.15, -0.1) is 0 Å². The molecule has 0 spiro atoms. The van der Waals surface area contributed by atoms with E-state index in [9.17, 15) is 4.79 Å². The smallest absolute Gasteiger partial charge is 0.222 e. The van der Waals surface area contributed by atoms with Gasteiger partial charge in [-0.3, -0.25) is 4.79 Å². The van der Waals surface area contributed by atoms with E-state index in [1.807, 2.05) is 6.08 Å². The van der Waals surface area contributed by atoms with Crippen LogP contribution in [0, 0.1) is 0 Å². The van der Waals surface area contributed by atoms with Crippen molar-refractivity contribution in [2.24, 2.45) is 0 Å². The van der Waals surface area contributed by atoms with E-state index in [2.05, 4.69) is 18.5 Å². The van der Waals surface area contributed by atoms with Crippen LogP contribution in [0.2, 0.25) is 0 Å². The third kappa shape index (κ3) is 1.58. The molecule has 1 fully saturated rings. The number of carbonyl (C=O) groups is 1. The van der Waals surface area contributed by atoms with Gasteiger partial charge in [0.15, 0.2) is 0 Å². The second-order valence-corrected chi connectivity index (χ2v) is 2.43. The van der Waals surface area contributed by atoms with Crippen LogP contribution in [-0.4, -0.2) is 11.9 Å². The van der Waals surface area contributed by atoms with E-state index >= 15 is 0 Å². The molecule has 1 aliphatic rings. The molecule has 0 aromatic rings. The number of β-lactam (4-membered cyclic amide) rings is 1. The predicted molar refractivity (Wildman–Crippen MR) is 45.0 cm³/mol. The molecule has 2 heteroatoms. The van der Waals surface area contributed by atoms with Gasteiger partial charge in [0, 0.05) is 0 Å². The minimum Gasteiger partial charge on any atom is -0.349 e. The molecule has 1 amide bonds. The van der Waals surface area contributed by atoms with Crippen molar-refractivity contribution in [1.29, 1.82) is 0 Å². The molecule has 0 aromatic heterocycles. The van der Waals surface area contributed by atoms with Gasteiger partial charge in [0.05, 0.1) is 12.5 Å². The topological polar surface area (TPSA) is 29.1 Å². The highest BCUT2D eigenvalue weighted by molar-refractivity contribution is 5.84. The fourth-order valence-electron chi connectivity index (χ4n) is 1.02. The van der Waals surface area contributed by atoms with Crippen LogP contribution < -0.4 is 5.32 Å². The third-order valence-electron chi connectivity index (χ3n) is 1.67. The van der Waals surface area contributed by atoms with Crippen molar-refractivity contribution in [1.82, 2.24) is 5.32 Å². The van der Waals surface area contributed by atoms with Crippen LogP contribution >= 0.6 is 0 Å². The standard InChI is InChI=1S/C9H11NO/c1-3-5-7(4-2)8-6-9(11)10-8/h3-5,8H,1-2,6H2,(H,10,11)/b7-5+. The molecule has 0 saturated carbocycles. The second kappa shape index (κ2) is 3.19. The van der Waals surface area contributed by atoms with Crippen molar-refractivity contribution >= 4 is 5.91 Å². The summed E-state index contributed by atoms with van der Waals surface area (Å²) in [7, 11) is 0. The summed E-state index contributed by atoms with van der Waals surface area (Å²) in [5, 5.41) is 2.75. The zero-order valence-electron chi connectivity index (χ0n) is 6.34. The predicted octanol–water partition coefficient (Wildman–Crippen LogP) is 1.17. The fraction of sp³-hybridized carbons (Fsp3) is 0.222. The molecule has 1 N–H and O–H groups in total. The van der Waals surface area contributed by atoms with Gasteiger partial charge in [0.1, 0.15) is 0 Å². The van der Waals surface area contributed by atoms with Crippen molar-refractivity contribution in [2.45, 2.75) is 12.5 Å². The summed E-state index contributed by atoms with van der Waals surface area (Å²) in [5.41, 5.74) is 1.03. The molecule has 1 aliphatic heterocycles. The summed E-state index contributed by atoms with van der Waals surface area (Å²) in [5.74, 6) is 0.104. The summed E-state index contributed by atoms with van der Waals surface area (Å²) in [6.45, 7) is 7.21. The number of nitrogens with one attached hydrogen (secondary N) is 1. The lowest BCUT2D eigenvalue weighted by Gasteiger charge is -2.27. The van der Waals surface area contributed by atoms with E-state index in [4.69, 9.17) is 0 Å². The summed E-state index contributed by atoms with van der Waals surface area (Å²) in [4.78, 5) is 10.5.